The Hall–Kier alpha value is -1.10. The zero-order valence-corrected chi connectivity index (χ0v) is 11.9. The van der Waals surface area contributed by atoms with E-state index in [2.05, 4.69) is 0 Å². The Morgan fingerprint density at radius 3 is 2.39 bits per heavy atom. The number of likely N-dealkylation sites (tertiary alicyclic amines) is 1. The molecule has 0 saturated carbocycles. The minimum Gasteiger partial charge on any atom is -0.464 e. The summed E-state index contributed by atoms with van der Waals surface area (Å²) in [5.41, 5.74) is -0.281. The van der Waals surface area contributed by atoms with Crippen LogP contribution in [0, 0.1) is 0 Å². The third-order valence-electron chi connectivity index (χ3n) is 2.75. The molecule has 18 heavy (non-hydrogen) atoms. The molecule has 0 aromatic rings. The van der Waals surface area contributed by atoms with Crippen molar-refractivity contribution >= 4 is 11.9 Å². The van der Waals surface area contributed by atoms with Crippen LogP contribution in [0.5, 0.6) is 0 Å². The molecule has 1 fully saturated rings. The quantitative estimate of drug-likeness (QED) is 0.716. The van der Waals surface area contributed by atoms with Crippen molar-refractivity contribution in [1.29, 1.82) is 0 Å². The summed E-state index contributed by atoms with van der Waals surface area (Å²) in [5.74, 6) is -0.458. The average molecular weight is 257 g/mol. The van der Waals surface area contributed by atoms with Gasteiger partial charge in [0.2, 0.25) is 5.91 Å². The molecule has 1 saturated heterocycles. The minimum atomic E-state index is -0.505. The second-order valence-corrected chi connectivity index (χ2v) is 5.53. The maximum absolute atomic E-state index is 11.8. The van der Waals surface area contributed by atoms with Crippen molar-refractivity contribution in [1.82, 2.24) is 4.90 Å². The van der Waals surface area contributed by atoms with Gasteiger partial charge >= 0.3 is 5.97 Å². The second kappa shape index (κ2) is 5.69. The van der Waals surface area contributed by atoms with Crippen molar-refractivity contribution in [3.63, 3.8) is 0 Å². The Kier molecular flexibility index (Phi) is 4.73. The summed E-state index contributed by atoms with van der Waals surface area (Å²) in [7, 11) is 0. The second-order valence-electron chi connectivity index (χ2n) is 5.53. The lowest BCUT2D eigenvalue weighted by Crippen LogP contribution is -2.40. The highest BCUT2D eigenvalue weighted by atomic mass is 16.5. The first-order chi connectivity index (χ1) is 8.24. The summed E-state index contributed by atoms with van der Waals surface area (Å²) in [5, 5.41) is 0. The molecule has 0 aromatic carbocycles. The molecule has 5 nitrogen and oxygen atoms in total. The molecule has 0 spiro atoms. The van der Waals surface area contributed by atoms with Crippen LogP contribution in [0.15, 0.2) is 0 Å². The lowest BCUT2D eigenvalue weighted by molar-refractivity contribution is -0.152. The number of hydrogen-bond acceptors (Lipinski definition) is 4. The molecule has 0 aliphatic carbocycles. The number of amides is 1. The van der Waals surface area contributed by atoms with E-state index in [-0.39, 0.29) is 23.6 Å². The Morgan fingerprint density at radius 1 is 1.33 bits per heavy atom. The van der Waals surface area contributed by atoms with Gasteiger partial charge in [-0.1, -0.05) is 0 Å². The van der Waals surface area contributed by atoms with Crippen molar-refractivity contribution in [3.8, 4) is 0 Å². The molecule has 1 rings (SSSR count). The first-order valence-electron chi connectivity index (χ1n) is 6.36. The van der Waals surface area contributed by atoms with Crippen LogP contribution < -0.4 is 0 Å². The SMILES string of the molecule is CCOC(=O)[C@@H]1C[C@@H](OC(C)(C)C)CN1C(C)=O. The Labute approximate surface area is 108 Å². The van der Waals surface area contributed by atoms with Gasteiger partial charge in [-0.2, -0.15) is 0 Å². The standard InChI is InChI=1S/C13H23NO4/c1-6-17-12(16)11-7-10(18-13(3,4)5)8-14(11)9(2)15/h10-11H,6-8H2,1-5H3/t10-,11+/m1/s1. The molecular formula is C13H23NO4. The number of rotatable bonds is 3. The topological polar surface area (TPSA) is 55.8 Å². The Balaban J connectivity index is 2.71. The average Bonchev–Trinajstić information content (AvgIpc) is 2.59. The molecule has 0 aromatic heterocycles. The fraction of sp³-hybridized carbons (Fsp3) is 0.846. The summed E-state index contributed by atoms with van der Waals surface area (Å²) in [4.78, 5) is 24.9. The summed E-state index contributed by atoms with van der Waals surface area (Å²) >= 11 is 0. The summed E-state index contributed by atoms with van der Waals surface area (Å²) in [6.45, 7) is 9.89. The Bertz CT molecular complexity index is 321. The van der Waals surface area contributed by atoms with Crippen LogP contribution in [0.25, 0.3) is 0 Å². The third-order valence-corrected chi connectivity index (χ3v) is 2.75. The van der Waals surface area contributed by atoms with Crippen LogP contribution in [-0.4, -0.2) is 47.7 Å². The van der Waals surface area contributed by atoms with E-state index >= 15 is 0 Å². The van der Waals surface area contributed by atoms with Crippen molar-refractivity contribution in [2.45, 2.75) is 58.8 Å². The number of carbonyl (C=O) groups excluding carboxylic acids is 2. The molecule has 1 aliphatic rings. The molecule has 0 bridgehead atoms. The fourth-order valence-corrected chi connectivity index (χ4v) is 2.19. The first-order valence-corrected chi connectivity index (χ1v) is 6.36. The zero-order valence-electron chi connectivity index (χ0n) is 11.9. The van der Waals surface area contributed by atoms with E-state index in [0.29, 0.717) is 19.6 Å². The van der Waals surface area contributed by atoms with E-state index in [9.17, 15) is 9.59 Å². The van der Waals surface area contributed by atoms with Crippen LogP contribution in [0.2, 0.25) is 0 Å². The number of esters is 1. The van der Waals surface area contributed by atoms with Gasteiger partial charge in [-0.3, -0.25) is 4.79 Å². The van der Waals surface area contributed by atoms with E-state index in [0.717, 1.165) is 0 Å². The van der Waals surface area contributed by atoms with Gasteiger partial charge in [0, 0.05) is 19.9 Å². The smallest absolute Gasteiger partial charge is 0.328 e. The van der Waals surface area contributed by atoms with Gasteiger partial charge in [0.05, 0.1) is 18.3 Å². The van der Waals surface area contributed by atoms with E-state index in [1.54, 1.807) is 6.92 Å². The summed E-state index contributed by atoms with van der Waals surface area (Å²) in [6.07, 6.45) is 0.402. The van der Waals surface area contributed by atoms with Crippen LogP contribution in [0.1, 0.15) is 41.0 Å². The van der Waals surface area contributed by atoms with E-state index in [1.807, 2.05) is 20.8 Å². The highest BCUT2D eigenvalue weighted by Gasteiger charge is 2.40. The lowest BCUT2D eigenvalue weighted by Gasteiger charge is -2.24. The van der Waals surface area contributed by atoms with Gasteiger partial charge in [-0.25, -0.2) is 4.79 Å². The van der Waals surface area contributed by atoms with E-state index in [4.69, 9.17) is 9.47 Å². The van der Waals surface area contributed by atoms with Crippen LogP contribution in [0.4, 0.5) is 0 Å². The van der Waals surface area contributed by atoms with Gasteiger partial charge < -0.3 is 14.4 Å². The van der Waals surface area contributed by atoms with Crippen LogP contribution in [0.3, 0.4) is 0 Å². The summed E-state index contributed by atoms with van der Waals surface area (Å²) < 4.78 is 10.8. The van der Waals surface area contributed by atoms with E-state index in [1.165, 1.54) is 11.8 Å². The molecule has 2 atom stereocenters. The number of nitrogens with zero attached hydrogens (tertiary/aromatic N) is 1. The summed E-state index contributed by atoms with van der Waals surface area (Å²) in [6, 6.07) is -0.505. The van der Waals surface area contributed by atoms with Crippen molar-refractivity contribution in [3.05, 3.63) is 0 Å². The number of hydrogen-bond donors (Lipinski definition) is 0. The van der Waals surface area contributed by atoms with Gasteiger partial charge in [0.1, 0.15) is 6.04 Å². The van der Waals surface area contributed by atoms with Crippen LogP contribution in [-0.2, 0) is 19.1 Å². The van der Waals surface area contributed by atoms with Crippen molar-refractivity contribution in [2.75, 3.05) is 13.2 Å². The molecule has 0 radical (unpaired) electrons. The molecule has 0 unspecified atom stereocenters. The lowest BCUT2D eigenvalue weighted by atomic mass is 10.1. The number of carbonyl (C=O) groups is 2. The molecular weight excluding hydrogens is 234 g/mol. The van der Waals surface area contributed by atoms with Crippen molar-refractivity contribution < 1.29 is 19.1 Å². The van der Waals surface area contributed by atoms with Crippen LogP contribution >= 0.6 is 0 Å². The van der Waals surface area contributed by atoms with Crippen molar-refractivity contribution in [2.24, 2.45) is 0 Å². The molecule has 5 heteroatoms. The van der Waals surface area contributed by atoms with Gasteiger partial charge in [-0.05, 0) is 27.7 Å². The molecule has 1 heterocycles. The van der Waals surface area contributed by atoms with E-state index < -0.39 is 6.04 Å². The maximum atomic E-state index is 11.8. The molecule has 104 valence electrons. The third kappa shape index (κ3) is 3.98. The predicted molar refractivity (Wildman–Crippen MR) is 67.1 cm³/mol. The highest BCUT2D eigenvalue weighted by molar-refractivity contribution is 5.84. The maximum Gasteiger partial charge on any atom is 0.328 e. The number of ether oxygens (including phenoxy) is 2. The van der Waals surface area contributed by atoms with Gasteiger partial charge in [-0.15, -0.1) is 0 Å². The molecule has 1 aliphatic heterocycles. The minimum absolute atomic E-state index is 0.108. The molecule has 0 N–H and O–H groups in total. The first kappa shape index (κ1) is 15.0. The Morgan fingerprint density at radius 2 is 1.94 bits per heavy atom. The zero-order chi connectivity index (χ0) is 13.9. The fourth-order valence-electron chi connectivity index (χ4n) is 2.19. The van der Waals surface area contributed by atoms with Gasteiger partial charge in [0.25, 0.3) is 0 Å². The highest BCUT2D eigenvalue weighted by Crippen LogP contribution is 2.25. The predicted octanol–water partition coefficient (Wildman–Crippen LogP) is 1.35. The monoisotopic (exact) mass is 257 g/mol. The largest absolute Gasteiger partial charge is 0.464 e. The normalized spacial score (nSPS) is 24.2. The molecule has 1 amide bonds. The van der Waals surface area contributed by atoms with Gasteiger partial charge in [0.15, 0.2) is 0 Å².